The smallest absolute Gasteiger partial charge is 0.354 e. The SMILES string of the molecule is CCOc1nc(C(=O)O)cc(C(=O)NC(Cc2ccc(-c3ccccc3)cc2)C[C@@H](C)C(=O)O)n1. The number of amides is 1. The van der Waals surface area contributed by atoms with Crippen molar-refractivity contribution in [3.8, 4) is 17.1 Å². The quantitative estimate of drug-likeness (QED) is 0.380. The molecular formula is C26H27N3O6. The number of nitrogens with one attached hydrogen (secondary N) is 1. The van der Waals surface area contributed by atoms with Crippen molar-refractivity contribution in [1.82, 2.24) is 15.3 Å². The van der Waals surface area contributed by atoms with E-state index in [0.29, 0.717) is 6.42 Å². The Morgan fingerprint density at radius 1 is 0.943 bits per heavy atom. The van der Waals surface area contributed by atoms with Gasteiger partial charge in [-0.2, -0.15) is 9.97 Å². The fourth-order valence-corrected chi connectivity index (χ4v) is 3.57. The molecule has 182 valence electrons. The van der Waals surface area contributed by atoms with Crippen molar-refractivity contribution >= 4 is 17.8 Å². The fourth-order valence-electron chi connectivity index (χ4n) is 3.57. The Kier molecular flexibility index (Phi) is 8.50. The van der Waals surface area contributed by atoms with E-state index in [4.69, 9.17) is 4.74 Å². The van der Waals surface area contributed by atoms with Gasteiger partial charge in [0.1, 0.15) is 5.69 Å². The minimum absolute atomic E-state index is 0.173. The Balaban J connectivity index is 1.81. The predicted molar refractivity (Wildman–Crippen MR) is 128 cm³/mol. The molecule has 1 unspecified atom stereocenters. The molecule has 0 fully saturated rings. The standard InChI is InChI=1S/C26H27N3O6/c1-3-35-26-28-21(15-22(29-26)25(33)34)23(30)27-20(13-16(2)24(31)32)14-17-9-11-19(12-10-17)18-7-5-4-6-8-18/h4-12,15-16,20H,3,13-14H2,1-2H3,(H,27,30)(H,31,32)(H,33,34)/t16-,20?/m1/s1. The summed E-state index contributed by atoms with van der Waals surface area (Å²) in [5.41, 5.74) is 2.48. The van der Waals surface area contributed by atoms with E-state index < -0.39 is 29.8 Å². The van der Waals surface area contributed by atoms with E-state index in [-0.39, 0.29) is 30.4 Å². The third-order valence-corrected chi connectivity index (χ3v) is 5.37. The Hall–Kier alpha value is -4.27. The number of aromatic nitrogens is 2. The summed E-state index contributed by atoms with van der Waals surface area (Å²) in [4.78, 5) is 43.6. The number of carbonyl (C=O) groups excluding carboxylic acids is 1. The van der Waals surface area contributed by atoms with Gasteiger partial charge in [-0.3, -0.25) is 9.59 Å². The van der Waals surface area contributed by atoms with E-state index in [0.717, 1.165) is 22.8 Å². The molecule has 9 nitrogen and oxygen atoms in total. The summed E-state index contributed by atoms with van der Waals surface area (Å²) in [7, 11) is 0. The molecule has 0 spiro atoms. The van der Waals surface area contributed by atoms with Crippen LogP contribution in [0.4, 0.5) is 0 Å². The van der Waals surface area contributed by atoms with Gasteiger partial charge in [0, 0.05) is 12.1 Å². The van der Waals surface area contributed by atoms with Crippen molar-refractivity contribution < 1.29 is 29.3 Å². The second kappa shape index (κ2) is 11.7. The van der Waals surface area contributed by atoms with Gasteiger partial charge in [0.05, 0.1) is 12.5 Å². The first kappa shape index (κ1) is 25.4. The molecule has 2 aromatic carbocycles. The second-order valence-electron chi connectivity index (χ2n) is 8.07. The first-order valence-corrected chi connectivity index (χ1v) is 11.2. The molecule has 0 bridgehead atoms. The number of benzene rings is 2. The van der Waals surface area contributed by atoms with Crippen molar-refractivity contribution in [1.29, 1.82) is 0 Å². The van der Waals surface area contributed by atoms with Gasteiger partial charge in [-0.05, 0) is 36.5 Å². The van der Waals surface area contributed by atoms with Crippen LogP contribution in [0.2, 0.25) is 0 Å². The highest BCUT2D eigenvalue weighted by Gasteiger charge is 2.23. The lowest BCUT2D eigenvalue weighted by Gasteiger charge is -2.21. The zero-order valence-corrected chi connectivity index (χ0v) is 19.5. The van der Waals surface area contributed by atoms with Gasteiger partial charge < -0.3 is 20.3 Å². The Morgan fingerprint density at radius 3 is 2.17 bits per heavy atom. The van der Waals surface area contributed by atoms with Gasteiger partial charge in [-0.25, -0.2) is 4.79 Å². The average molecular weight is 478 g/mol. The molecular weight excluding hydrogens is 450 g/mol. The normalized spacial score (nSPS) is 12.4. The van der Waals surface area contributed by atoms with Gasteiger partial charge in [-0.1, -0.05) is 61.5 Å². The number of rotatable bonds is 11. The Bertz CT molecular complexity index is 1180. The highest BCUT2D eigenvalue weighted by atomic mass is 16.5. The van der Waals surface area contributed by atoms with Crippen LogP contribution in [-0.2, 0) is 11.2 Å². The van der Waals surface area contributed by atoms with Crippen molar-refractivity contribution in [3.05, 3.63) is 77.6 Å². The van der Waals surface area contributed by atoms with Crippen LogP contribution in [0.25, 0.3) is 11.1 Å². The zero-order chi connectivity index (χ0) is 25.4. The van der Waals surface area contributed by atoms with Crippen LogP contribution in [0.5, 0.6) is 6.01 Å². The summed E-state index contributed by atoms with van der Waals surface area (Å²) in [6.45, 7) is 3.45. The van der Waals surface area contributed by atoms with Crippen LogP contribution in [0.15, 0.2) is 60.7 Å². The summed E-state index contributed by atoms with van der Waals surface area (Å²) in [6, 6.07) is 18.0. The van der Waals surface area contributed by atoms with Crippen molar-refractivity contribution in [2.24, 2.45) is 5.92 Å². The maximum Gasteiger partial charge on any atom is 0.354 e. The largest absolute Gasteiger partial charge is 0.481 e. The number of hydrogen-bond acceptors (Lipinski definition) is 6. The second-order valence-corrected chi connectivity index (χ2v) is 8.07. The van der Waals surface area contributed by atoms with E-state index in [9.17, 15) is 24.6 Å². The Morgan fingerprint density at radius 2 is 1.57 bits per heavy atom. The fraction of sp³-hybridized carbons (Fsp3) is 0.269. The third kappa shape index (κ3) is 7.10. The molecule has 3 N–H and O–H groups in total. The molecule has 0 saturated carbocycles. The van der Waals surface area contributed by atoms with Gasteiger partial charge in [-0.15, -0.1) is 0 Å². The highest BCUT2D eigenvalue weighted by molar-refractivity contribution is 5.95. The lowest BCUT2D eigenvalue weighted by atomic mass is 9.95. The van der Waals surface area contributed by atoms with Gasteiger partial charge in [0.15, 0.2) is 5.69 Å². The number of aromatic carboxylic acids is 1. The average Bonchev–Trinajstić information content (AvgIpc) is 2.85. The van der Waals surface area contributed by atoms with Crippen molar-refractivity contribution in [3.63, 3.8) is 0 Å². The molecule has 0 saturated heterocycles. The number of carboxylic acid groups (broad SMARTS) is 2. The number of ether oxygens (including phenoxy) is 1. The zero-order valence-electron chi connectivity index (χ0n) is 19.5. The lowest BCUT2D eigenvalue weighted by molar-refractivity contribution is -0.141. The predicted octanol–water partition coefficient (Wildman–Crippen LogP) is 3.69. The first-order valence-electron chi connectivity index (χ1n) is 11.2. The number of hydrogen-bond donors (Lipinski definition) is 3. The van der Waals surface area contributed by atoms with Crippen molar-refractivity contribution in [2.75, 3.05) is 6.61 Å². The summed E-state index contributed by atoms with van der Waals surface area (Å²) in [6.07, 6.45) is 0.560. The van der Waals surface area contributed by atoms with E-state index in [1.165, 1.54) is 0 Å². The molecule has 0 radical (unpaired) electrons. The molecule has 3 rings (SSSR count). The minimum Gasteiger partial charge on any atom is -0.481 e. The topological polar surface area (TPSA) is 139 Å². The summed E-state index contributed by atoms with van der Waals surface area (Å²) in [5.74, 6) is -3.64. The molecule has 1 heterocycles. The summed E-state index contributed by atoms with van der Waals surface area (Å²) < 4.78 is 5.19. The highest BCUT2D eigenvalue weighted by Crippen LogP contribution is 2.21. The van der Waals surface area contributed by atoms with Crippen LogP contribution in [0.1, 0.15) is 46.8 Å². The van der Waals surface area contributed by atoms with Crippen LogP contribution in [0.3, 0.4) is 0 Å². The molecule has 0 aliphatic carbocycles. The maximum atomic E-state index is 13.0. The number of aliphatic carboxylic acids is 1. The first-order chi connectivity index (χ1) is 16.8. The van der Waals surface area contributed by atoms with Crippen LogP contribution in [0, 0.1) is 5.92 Å². The third-order valence-electron chi connectivity index (χ3n) is 5.37. The summed E-state index contributed by atoms with van der Waals surface area (Å²) in [5, 5.41) is 21.5. The van der Waals surface area contributed by atoms with Crippen molar-refractivity contribution in [2.45, 2.75) is 32.7 Å². The van der Waals surface area contributed by atoms with E-state index in [2.05, 4.69) is 15.3 Å². The van der Waals surface area contributed by atoms with Gasteiger partial charge in [0.2, 0.25) is 0 Å². The van der Waals surface area contributed by atoms with E-state index in [1.807, 2.05) is 54.6 Å². The number of nitrogens with zero attached hydrogens (tertiary/aromatic N) is 2. The molecule has 1 amide bonds. The Labute approximate surface area is 202 Å². The van der Waals surface area contributed by atoms with Crippen LogP contribution < -0.4 is 10.1 Å². The molecule has 35 heavy (non-hydrogen) atoms. The molecule has 3 aromatic rings. The molecule has 2 atom stereocenters. The molecule has 0 aliphatic rings. The van der Waals surface area contributed by atoms with Gasteiger partial charge >= 0.3 is 17.9 Å². The van der Waals surface area contributed by atoms with E-state index >= 15 is 0 Å². The molecule has 1 aromatic heterocycles. The molecule has 9 heteroatoms. The molecule has 0 aliphatic heterocycles. The lowest BCUT2D eigenvalue weighted by Crippen LogP contribution is -2.39. The van der Waals surface area contributed by atoms with E-state index in [1.54, 1.807) is 13.8 Å². The van der Waals surface area contributed by atoms with Crippen LogP contribution in [-0.4, -0.2) is 50.7 Å². The van der Waals surface area contributed by atoms with Gasteiger partial charge in [0.25, 0.3) is 5.91 Å². The number of carbonyl (C=O) groups is 3. The van der Waals surface area contributed by atoms with Crippen LogP contribution >= 0.6 is 0 Å². The maximum absolute atomic E-state index is 13.0. The monoisotopic (exact) mass is 477 g/mol. The number of carboxylic acids is 2. The summed E-state index contributed by atoms with van der Waals surface area (Å²) >= 11 is 0. The minimum atomic E-state index is -1.32.